The van der Waals surface area contributed by atoms with E-state index in [0.717, 1.165) is 11.1 Å². The quantitative estimate of drug-likeness (QED) is 0.294. The van der Waals surface area contributed by atoms with Gasteiger partial charge in [-0.3, -0.25) is 0 Å². The van der Waals surface area contributed by atoms with Crippen molar-refractivity contribution in [1.29, 1.82) is 0 Å². The van der Waals surface area contributed by atoms with Crippen LogP contribution in [0.3, 0.4) is 0 Å². The molecule has 3 aromatic carbocycles. The van der Waals surface area contributed by atoms with E-state index < -0.39 is 0 Å². The molecule has 24 heavy (non-hydrogen) atoms. The van der Waals surface area contributed by atoms with E-state index in [9.17, 15) is 5.11 Å². The van der Waals surface area contributed by atoms with Gasteiger partial charge in [0.2, 0.25) is 0 Å². The van der Waals surface area contributed by atoms with E-state index in [1.54, 1.807) is 0 Å². The molecule has 4 rings (SSSR count). The molecule has 0 atom stereocenters. The summed E-state index contributed by atoms with van der Waals surface area (Å²) in [4.78, 5) is 0. The van der Waals surface area contributed by atoms with Crippen LogP contribution in [0.25, 0.3) is 5.76 Å². The Bertz CT molecular complexity index is 613. The van der Waals surface area contributed by atoms with Crippen molar-refractivity contribution in [2.24, 2.45) is 0 Å². The molecule has 126 valence electrons. The van der Waals surface area contributed by atoms with E-state index in [-0.39, 0.29) is 36.5 Å². The van der Waals surface area contributed by atoms with E-state index in [1.807, 2.05) is 109 Å². The predicted molar refractivity (Wildman–Crippen MR) is 93.9 cm³/mol. The molecule has 0 aliphatic heterocycles. The van der Waals surface area contributed by atoms with E-state index in [2.05, 4.69) is 0 Å². The van der Waals surface area contributed by atoms with E-state index >= 15 is 0 Å². The van der Waals surface area contributed by atoms with E-state index in [1.165, 1.54) is 0 Å². The summed E-state index contributed by atoms with van der Waals surface area (Å²) in [6.45, 7) is 0. The number of hydrogen-bond acceptors (Lipinski definition) is 1. The molecule has 3 aromatic rings. The number of allylic oxidation sites excluding steroid dienone is 5. The minimum atomic E-state index is 0. The van der Waals surface area contributed by atoms with Gasteiger partial charge in [-0.15, -0.1) is 12.1 Å². The van der Waals surface area contributed by atoms with Gasteiger partial charge in [0.05, 0.1) is 0 Å². The van der Waals surface area contributed by atoms with Crippen LogP contribution in [0.5, 0.6) is 0 Å². The fourth-order valence-electron chi connectivity index (χ4n) is 1.87. The van der Waals surface area contributed by atoms with Crippen molar-refractivity contribution in [2.75, 3.05) is 0 Å². The Kier molecular flexibility index (Phi) is 12.6. The zero-order valence-electron chi connectivity index (χ0n) is 13.0. The van der Waals surface area contributed by atoms with Crippen molar-refractivity contribution in [1.82, 2.24) is 0 Å². The maximum Gasteiger partial charge on any atom is 2.00 e. The standard InChI is InChI=1S/C11H9O.2C5H5.Fe.Ru/c12-11(9-5-1-2-6-9)10-7-3-4-8-10;2*1-2-4-5-3-1;;/h1-8,12H;2*1-5H;;/q3*-1;;+2. The molecule has 0 fully saturated rings. The Morgan fingerprint density at radius 3 is 1.50 bits per heavy atom. The van der Waals surface area contributed by atoms with Crippen LogP contribution in [0, 0.1) is 0 Å². The molecule has 1 aliphatic rings. The molecule has 1 aliphatic carbocycles. The third-order valence-corrected chi connectivity index (χ3v) is 2.98. The van der Waals surface area contributed by atoms with Crippen molar-refractivity contribution < 1.29 is 41.7 Å². The minimum absolute atomic E-state index is 0. The molecule has 0 unspecified atom stereocenters. The van der Waals surface area contributed by atoms with Crippen molar-refractivity contribution >= 4 is 5.76 Å². The molecule has 3 heteroatoms. The second-order valence-corrected chi connectivity index (χ2v) is 4.62. The summed E-state index contributed by atoms with van der Waals surface area (Å²) in [6.07, 6.45) is 7.60. The number of rotatable bonds is 1. The monoisotopic (exact) mass is 445 g/mol. The van der Waals surface area contributed by atoms with Gasteiger partial charge in [-0.05, 0) is 0 Å². The second kappa shape index (κ2) is 13.6. The van der Waals surface area contributed by atoms with Crippen LogP contribution in [-0.2, 0) is 36.5 Å². The van der Waals surface area contributed by atoms with Crippen molar-refractivity contribution in [2.45, 2.75) is 0 Å². The van der Waals surface area contributed by atoms with Gasteiger partial charge in [-0.1, -0.05) is 35.4 Å². The first kappa shape index (κ1) is 22.2. The molecule has 0 radical (unpaired) electrons. The van der Waals surface area contributed by atoms with E-state index in [4.69, 9.17) is 0 Å². The summed E-state index contributed by atoms with van der Waals surface area (Å²) in [5, 5.41) is 9.69. The molecular weight excluding hydrogens is 425 g/mol. The van der Waals surface area contributed by atoms with Gasteiger partial charge in [0.25, 0.3) is 0 Å². The second-order valence-electron chi connectivity index (χ2n) is 4.62. The molecule has 0 amide bonds. The smallest absolute Gasteiger partial charge is 0.526 e. The van der Waals surface area contributed by atoms with Crippen LogP contribution < -0.4 is 0 Å². The van der Waals surface area contributed by atoms with Crippen LogP contribution in [0.4, 0.5) is 0 Å². The SMILES string of the molecule is OC(=C1C=CC=C1)[c-]1cccc1.[Fe].[Ru+2].c1cc[cH-]c1.c1cc[cH-]c1. The first-order chi connectivity index (χ1) is 10.9. The van der Waals surface area contributed by atoms with Crippen LogP contribution in [0.2, 0.25) is 0 Å². The molecule has 0 spiro atoms. The normalized spacial score (nSPS) is 10.4. The topological polar surface area (TPSA) is 20.2 Å². The van der Waals surface area contributed by atoms with Crippen LogP contribution in [0.1, 0.15) is 5.56 Å². The van der Waals surface area contributed by atoms with Crippen molar-refractivity contribution in [3.63, 3.8) is 0 Å². The Labute approximate surface area is 167 Å². The third-order valence-electron chi connectivity index (χ3n) is 2.98. The zero-order chi connectivity index (χ0) is 15.5. The fraction of sp³-hybridized carbons (Fsp3) is 0. The van der Waals surface area contributed by atoms with Gasteiger partial charge in [-0.2, -0.15) is 48.5 Å². The van der Waals surface area contributed by atoms with Gasteiger partial charge < -0.3 is 5.11 Å². The van der Waals surface area contributed by atoms with Crippen LogP contribution in [0.15, 0.2) is 115 Å². The molecule has 0 heterocycles. The Morgan fingerprint density at radius 1 is 0.750 bits per heavy atom. The summed E-state index contributed by atoms with van der Waals surface area (Å²) in [6, 6.07) is 27.6. The van der Waals surface area contributed by atoms with Crippen LogP contribution in [-0.4, -0.2) is 5.11 Å². The summed E-state index contributed by atoms with van der Waals surface area (Å²) < 4.78 is 0. The Hall–Kier alpha value is -1.79. The van der Waals surface area contributed by atoms with Gasteiger partial charge in [0.15, 0.2) is 0 Å². The molecule has 0 aromatic heterocycles. The number of hydrogen-bond donors (Lipinski definition) is 1. The first-order valence-electron chi connectivity index (χ1n) is 7.21. The summed E-state index contributed by atoms with van der Waals surface area (Å²) in [7, 11) is 0. The molecule has 1 nitrogen and oxygen atoms in total. The van der Waals surface area contributed by atoms with Crippen molar-refractivity contribution in [3.8, 4) is 0 Å². The zero-order valence-corrected chi connectivity index (χ0v) is 15.9. The predicted octanol–water partition coefficient (Wildman–Crippen LogP) is 5.61. The van der Waals surface area contributed by atoms with Gasteiger partial charge >= 0.3 is 19.5 Å². The Balaban J connectivity index is 0.000000370. The molecule has 0 bridgehead atoms. The van der Waals surface area contributed by atoms with E-state index in [0.29, 0.717) is 5.76 Å². The minimum Gasteiger partial charge on any atom is -0.526 e. The Morgan fingerprint density at radius 2 is 1.17 bits per heavy atom. The van der Waals surface area contributed by atoms with Gasteiger partial charge in [-0.25, -0.2) is 24.3 Å². The maximum atomic E-state index is 9.69. The summed E-state index contributed by atoms with van der Waals surface area (Å²) in [5.41, 5.74) is 1.75. The first-order valence-corrected chi connectivity index (χ1v) is 7.21. The molecule has 0 saturated heterocycles. The fourth-order valence-corrected chi connectivity index (χ4v) is 1.87. The molecule has 1 N–H and O–H groups in total. The van der Waals surface area contributed by atoms with Crippen molar-refractivity contribution in [3.05, 3.63) is 120 Å². The van der Waals surface area contributed by atoms with Gasteiger partial charge in [0, 0.05) is 22.8 Å². The summed E-state index contributed by atoms with van der Waals surface area (Å²) in [5.74, 6) is 0.352. The summed E-state index contributed by atoms with van der Waals surface area (Å²) >= 11 is 0. The molecular formula is C21H19FeORu-. The molecule has 0 saturated carbocycles. The van der Waals surface area contributed by atoms with Crippen LogP contribution >= 0.6 is 0 Å². The largest absolute Gasteiger partial charge is 2.00 e. The number of aliphatic hydroxyl groups excluding tert-OH is 1. The third kappa shape index (κ3) is 8.17. The average molecular weight is 444 g/mol. The number of aliphatic hydroxyl groups is 1. The average Bonchev–Trinajstić information content (AvgIpc) is 3.42. The maximum absolute atomic E-state index is 9.69. The van der Waals surface area contributed by atoms with Gasteiger partial charge in [0.1, 0.15) is 0 Å².